The predicted molar refractivity (Wildman–Crippen MR) is 72.9 cm³/mol. The van der Waals surface area contributed by atoms with Crippen LogP contribution in [-0.4, -0.2) is 16.2 Å². The monoisotopic (exact) mass is 296 g/mol. The summed E-state index contributed by atoms with van der Waals surface area (Å²) in [5.41, 5.74) is -0.166. The van der Waals surface area contributed by atoms with Crippen molar-refractivity contribution in [1.82, 2.24) is 0 Å². The molecule has 3 nitrogen and oxygen atoms in total. The summed E-state index contributed by atoms with van der Waals surface area (Å²) in [4.78, 5) is 0. The quantitative estimate of drug-likeness (QED) is 0.900. The fourth-order valence-corrected chi connectivity index (χ4v) is 1.57. The van der Waals surface area contributed by atoms with Gasteiger partial charge in [-0.25, -0.2) is 0 Å². The lowest BCUT2D eigenvalue weighted by Gasteiger charge is -2.39. The van der Waals surface area contributed by atoms with Crippen LogP contribution >= 0.6 is 15.9 Å². The second kappa shape index (κ2) is 4.67. The van der Waals surface area contributed by atoms with Crippen molar-refractivity contribution in [2.45, 2.75) is 38.8 Å². The Bertz CT molecular complexity index is 455. The maximum Gasteiger partial charge on any atom is 0.101 e. The largest absolute Gasteiger partial charge is 0.388 e. The Morgan fingerprint density at radius 1 is 1.29 bits per heavy atom. The van der Waals surface area contributed by atoms with Crippen LogP contribution in [0.2, 0.25) is 0 Å². The van der Waals surface area contributed by atoms with Crippen LogP contribution in [0.5, 0.6) is 0 Å². The topological polar surface area (TPSA) is 56.0 Å². The van der Waals surface area contributed by atoms with Crippen LogP contribution in [0, 0.1) is 11.3 Å². The summed E-state index contributed by atoms with van der Waals surface area (Å²) in [5, 5.41) is 22.3. The van der Waals surface area contributed by atoms with Crippen LogP contribution in [-0.2, 0) is 0 Å². The second-order valence-corrected chi connectivity index (χ2v) is 6.03. The minimum Gasteiger partial charge on any atom is -0.388 e. The standard InChI is InChI=1S/C13H17BrN2O/c1-12(2,13(3,4)17)16-11-7-10(14)6-5-9(11)8-15/h5-7,16-17H,1-4H3. The van der Waals surface area contributed by atoms with E-state index in [9.17, 15) is 5.11 Å². The molecule has 0 unspecified atom stereocenters. The number of nitrogens with one attached hydrogen (secondary N) is 1. The van der Waals surface area contributed by atoms with Gasteiger partial charge in [-0.15, -0.1) is 0 Å². The number of hydrogen-bond donors (Lipinski definition) is 2. The highest BCUT2D eigenvalue weighted by Gasteiger charge is 2.35. The van der Waals surface area contributed by atoms with Crippen LogP contribution in [0.1, 0.15) is 33.3 Å². The predicted octanol–water partition coefficient (Wildman–Crippen LogP) is 3.28. The molecular weight excluding hydrogens is 280 g/mol. The van der Waals surface area contributed by atoms with Gasteiger partial charge >= 0.3 is 0 Å². The van der Waals surface area contributed by atoms with E-state index in [2.05, 4.69) is 27.3 Å². The van der Waals surface area contributed by atoms with E-state index in [1.165, 1.54) is 0 Å². The van der Waals surface area contributed by atoms with Gasteiger partial charge in [-0.05, 0) is 45.9 Å². The maximum absolute atomic E-state index is 10.1. The molecule has 0 aliphatic heterocycles. The molecule has 17 heavy (non-hydrogen) atoms. The van der Waals surface area contributed by atoms with Crippen molar-refractivity contribution in [2.24, 2.45) is 0 Å². The molecule has 1 rings (SSSR count). The SMILES string of the molecule is CC(C)(O)C(C)(C)Nc1cc(Br)ccc1C#N. The zero-order valence-electron chi connectivity index (χ0n) is 10.5. The van der Waals surface area contributed by atoms with E-state index >= 15 is 0 Å². The van der Waals surface area contributed by atoms with Crippen LogP contribution in [0.15, 0.2) is 22.7 Å². The maximum atomic E-state index is 10.1. The molecule has 0 aromatic heterocycles. The molecule has 0 heterocycles. The Morgan fingerprint density at radius 3 is 2.35 bits per heavy atom. The number of aliphatic hydroxyl groups is 1. The smallest absolute Gasteiger partial charge is 0.101 e. The molecule has 0 saturated carbocycles. The van der Waals surface area contributed by atoms with Crippen molar-refractivity contribution in [3.8, 4) is 6.07 Å². The highest BCUT2D eigenvalue weighted by atomic mass is 79.9. The van der Waals surface area contributed by atoms with Gasteiger partial charge in [0.15, 0.2) is 0 Å². The van der Waals surface area contributed by atoms with Gasteiger partial charge in [-0.1, -0.05) is 15.9 Å². The third-order valence-corrected chi connectivity index (χ3v) is 3.57. The Hall–Kier alpha value is -1.05. The van der Waals surface area contributed by atoms with Crippen molar-refractivity contribution in [3.63, 3.8) is 0 Å². The molecule has 0 spiro atoms. The van der Waals surface area contributed by atoms with E-state index in [4.69, 9.17) is 5.26 Å². The zero-order chi connectivity index (χ0) is 13.3. The molecule has 0 bridgehead atoms. The van der Waals surface area contributed by atoms with Crippen LogP contribution in [0.3, 0.4) is 0 Å². The van der Waals surface area contributed by atoms with Crippen LogP contribution in [0.4, 0.5) is 5.69 Å². The Morgan fingerprint density at radius 2 is 1.88 bits per heavy atom. The molecular formula is C13H17BrN2O. The van der Waals surface area contributed by atoms with Gasteiger partial charge in [0.1, 0.15) is 6.07 Å². The lowest BCUT2D eigenvalue weighted by Crippen LogP contribution is -2.51. The fraction of sp³-hybridized carbons (Fsp3) is 0.462. The summed E-state index contributed by atoms with van der Waals surface area (Å²) in [7, 11) is 0. The number of nitrogens with zero attached hydrogens (tertiary/aromatic N) is 1. The molecule has 0 atom stereocenters. The minimum absolute atomic E-state index is 0.542. The van der Waals surface area contributed by atoms with Gasteiger partial charge < -0.3 is 10.4 Å². The van der Waals surface area contributed by atoms with E-state index in [0.29, 0.717) is 11.3 Å². The van der Waals surface area contributed by atoms with Gasteiger partial charge in [-0.2, -0.15) is 5.26 Å². The molecule has 92 valence electrons. The van der Waals surface area contributed by atoms with Gasteiger partial charge in [0, 0.05) is 4.47 Å². The van der Waals surface area contributed by atoms with Crippen molar-refractivity contribution in [1.29, 1.82) is 5.26 Å². The zero-order valence-corrected chi connectivity index (χ0v) is 12.1. The highest BCUT2D eigenvalue weighted by molar-refractivity contribution is 9.10. The lowest BCUT2D eigenvalue weighted by atomic mass is 9.85. The first kappa shape index (κ1) is 14.0. The van der Waals surface area contributed by atoms with E-state index < -0.39 is 11.1 Å². The third-order valence-electron chi connectivity index (χ3n) is 3.08. The molecule has 0 radical (unpaired) electrons. The number of hydrogen-bond acceptors (Lipinski definition) is 3. The number of halogens is 1. The first-order chi connectivity index (χ1) is 7.67. The molecule has 1 aromatic rings. The minimum atomic E-state index is -0.901. The number of nitriles is 1. The van der Waals surface area contributed by atoms with Gasteiger partial charge in [0.2, 0.25) is 0 Å². The Labute approximate surface area is 111 Å². The Kier molecular flexibility index (Phi) is 3.85. The number of anilines is 1. The van der Waals surface area contributed by atoms with E-state index in [-0.39, 0.29) is 0 Å². The molecule has 2 N–H and O–H groups in total. The van der Waals surface area contributed by atoms with Gasteiger partial charge in [-0.3, -0.25) is 0 Å². The van der Waals surface area contributed by atoms with Crippen molar-refractivity contribution in [3.05, 3.63) is 28.2 Å². The summed E-state index contributed by atoms with van der Waals surface area (Å²) < 4.78 is 0.894. The van der Waals surface area contributed by atoms with E-state index in [0.717, 1.165) is 4.47 Å². The molecule has 0 aliphatic rings. The highest BCUT2D eigenvalue weighted by Crippen LogP contribution is 2.29. The fourth-order valence-electron chi connectivity index (χ4n) is 1.21. The molecule has 4 heteroatoms. The van der Waals surface area contributed by atoms with Crippen molar-refractivity contribution >= 4 is 21.6 Å². The van der Waals surface area contributed by atoms with Crippen molar-refractivity contribution in [2.75, 3.05) is 5.32 Å². The first-order valence-electron chi connectivity index (χ1n) is 5.37. The third kappa shape index (κ3) is 3.21. The number of rotatable bonds is 3. The Balaban J connectivity index is 3.12. The average Bonchev–Trinajstić information content (AvgIpc) is 2.15. The second-order valence-electron chi connectivity index (χ2n) is 5.11. The first-order valence-corrected chi connectivity index (χ1v) is 6.17. The lowest BCUT2D eigenvalue weighted by molar-refractivity contribution is 0.0240. The van der Waals surface area contributed by atoms with E-state index in [1.807, 2.05) is 26.0 Å². The number of benzene rings is 1. The summed E-state index contributed by atoms with van der Waals surface area (Å²) >= 11 is 3.37. The summed E-state index contributed by atoms with van der Waals surface area (Å²) in [6.45, 7) is 7.28. The summed E-state index contributed by atoms with van der Waals surface area (Å²) in [5.74, 6) is 0. The van der Waals surface area contributed by atoms with Crippen LogP contribution in [0.25, 0.3) is 0 Å². The molecule has 0 aliphatic carbocycles. The molecule has 0 amide bonds. The van der Waals surface area contributed by atoms with Gasteiger partial charge in [0.25, 0.3) is 0 Å². The summed E-state index contributed by atoms with van der Waals surface area (Å²) in [6, 6.07) is 7.53. The normalized spacial score (nSPS) is 12.1. The van der Waals surface area contributed by atoms with Gasteiger partial charge in [0.05, 0.1) is 22.4 Å². The van der Waals surface area contributed by atoms with Crippen LogP contribution < -0.4 is 5.32 Å². The average molecular weight is 297 g/mol. The molecule has 0 saturated heterocycles. The molecule has 0 fully saturated rings. The van der Waals surface area contributed by atoms with Crippen molar-refractivity contribution < 1.29 is 5.11 Å². The van der Waals surface area contributed by atoms with E-state index in [1.54, 1.807) is 19.9 Å². The summed E-state index contributed by atoms with van der Waals surface area (Å²) in [6.07, 6.45) is 0. The molecule has 1 aromatic carbocycles.